The van der Waals surface area contributed by atoms with Crippen molar-refractivity contribution in [2.45, 2.75) is 13.3 Å². The number of aryl methyl sites for hydroxylation is 1. The van der Waals surface area contributed by atoms with Crippen molar-refractivity contribution in [1.29, 1.82) is 0 Å². The first kappa shape index (κ1) is 10.3. The van der Waals surface area contributed by atoms with Gasteiger partial charge in [-0.15, -0.1) is 0 Å². The van der Waals surface area contributed by atoms with Gasteiger partial charge in [0.15, 0.2) is 0 Å². The van der Waals surface area contributed by atoms with Gasteiger partial charge in [-0.05, 0) is 12.5 Å². The molecule has 1 aromatic rings. The highest BCUT2D eigenvalue weighted by molar-refractivity contribution is 5.97. The summed E-state index contributed by atoms with van der Waals surface area (Å²) in [5, 5.41) is 2.51. The molecule has 0 aromatic carbocycles. The van der Waals surface area contributed by atoms with Gasteiger partial charge in [0.25, 0.3) is 5.91 Å². The fourth-order valence-corrected chi connectivity index (χ4v) is 1.35. The Morgan fingerprint density at radius 3 is 2.71 bits per heavy atom. The zero-order valence-electron chi connectivity index (χ0n) is 8.18. The third-order valence-electron chi connectivity index (χ3n) is 1.98. The Balaban J connectivity index is 3.05. The standard InChI is InChI=1S/C9H13N3O2/c1-5-8(9(14)11-2)6(4-12-5)3-7(10)13/h4,12H,3H2,1-2H3,(H2,10,13)(H,11,14). The summed E-state index contributed by atoms with van der Waals surface area (Å²) < 4.78 is 0. The number of carbonyl (C=O) groups is 2. The van der Waals surface area contributed by atoms with Gasteiger partial charge in [-0.2, -0.15) is 0 Å². The number of hydrogen-bond acceptors (Lipinski definition) is 2. The van der Waals surface area contributed by atoms with Crippen LogP contribution in [0.15, 0.2) is 6.20 Å². The molecule has 0 spiro atoms. The highest BCUT2D eigenvalue weighted by atomic mass is 16.2. The van der Waals surface area contributed by atoms with E-state index in [0.717, 1.165) is 5.69 Å². The van der Waals surface area contributed by atoms with Gasteiger partial charge < -0.3 is 16.0 Å². The molecular weight excluding hydrogens is 182 g/mol. The lowest BCUT2D eigenvalue weighted by molar-refractivity contribution is -0.117. The quantitative estimate of drug-likeness (QED) is 0.618. The molecule has 0 saturated carbocycles. The SMILES string of the molecule is CNC(=O)c1c(CC(N)=O)c[nH]c1C. The number of nitrogens with two attached hydrogens (primary N) is 1. The number of amides is 2. The number of H-pyrrole nitrogens is 1. The van der Waals surface area contributed by atoms with Gasteiger partial charge >= 0.3 is 0 Å². The van der Waals surface area contributed by atoms with Crippen LogP contribution in [0, 0.1) is 6.92 Å². The second-order valence-corrected chi connectivity index (χ2v) is 3.04. The van der Waals surface area contributed by atoms with Crippen molar-refractivity contribution < 1.29 is 9.59 Å². The minimum Gasteiger partial charge on any atom is -0.369 e. The zero-order valence-corrected chi connectivity index (χ0v) is 8.18. The number of carbonyl (C=O) groups excluding carboxylic acids is 2. The Bertz CT molecular complexity index is 368. The average molecular weight is 195 g/mol. The summed E-state index contributed by atoms with van der Waals surface area (Å²) in [6.07, 6.45) is 1.71. The fourth-order valence-electron chi connectivity index (χ4n) is 1.35. The van der Waals surface area contributed by atoms with Crippen molar-refractivity contribution in [1.82, 2.24) is 10.3 Å². The van der Waals surface area contributed by atoms with E-state index in [-0.39, 0.29) is 12.3 Å². The monoisotopic (exact) mass is 195 g/mol. The van der Waals surface area contributed by atoms with Crippen LogP contribution in [-0.4, -0.2) is 23.8 Å². The van der Waals surface area contributed by atoms with Gasteiger partial charge in [-0.25, -0.2) is 0 Å². The van der Waals surface area contributed by atoms with Crippen LogP contribution < -0.4 is 11.1 Å². The Labute approximate surface area is 81.7 Å². The Hall–Kier alpha value is -1.78. The molecule has 2 amide bonds. The normalized spacial score (nSPS) is 9.86. The van der Waals surface area contributed by atoms with Gasteiger partial charge in [0.1, 0.15) is 0 Å². The molecule has 5 nitrogen and oxygen atoms in total. The van der Waals surface area contributed by atoms with Crippen LogP contribution in [0.5, 0.6) is 0 Å². The molecule has 76 valence electrons. The molecule has 0 aliphatic heterocycles. The topological polar surface area (TPSA) is 88.0 Å². The van der Waals surface area contributed by atoms with Crippen LogP contribution in [-0.2, 0) is 11.2 Å². The summed E-state index contributed by atoms with van der Waals surface area (Å²) in [5.41, 5.74) is 6.94. The van der Waals surface area contributed by atoms with E-state index in [4.69, 9.17) is 5.73 Å². The predicted molar refractivity (Wildman–Crippen MR) is 51.8 cm³/mol. The summed E-state index contributed by atoms with van der Waals surface area (Å²) in [6.45, 7) is 1.77. The van der Waals surface area contributed by atoms with Crippen LogP contribution >= 0.6 is 0 Å². The van der Waals surface area contributed by atoms with Crippen molar-refractivity contribution in [3.8, 4) is 0 Å². The fraction of sp³-hybridized carbons (Fsp3) is 0.333. The maximum atomic E-state index is 11.4. The third kappa shape index (κ3) is 1.93. The van der Waals surface area contributed by atoms with Crippen molar-refractivity contribution in [3.05, 3.63) is 23.0 Å². The lowest BCUT2D eigenvalue weighted by atomic mass is 10.1. The van der Waals surface area contributed by atoms with E-state index in [1.165, 1.54) is 0 Å². The molecule has 0 bridgehead atoms. The smallest absolute Gasteiger partial charge is 0.253 e. The number of aromatic amines is 1. The van der Waals surface area contributed by atoms with E-state index in [1.807, 2.05) is 0 Å². The molecule has 0 saturated heterocycles. The molecule has 1 heterocycles. The second kappa shape index (κ2) is 3.95. The van der Waals surface area contributed by atoms with Crippen molar-refractivity contribution in [2.75, 3.05) is 7.05 Å². The molecule has 1 rings (SSSR count). The number of primary amides is 1. The lowest BCUT2D eigenvalue weighted by Gasteiger charge is -2.01. The van der Waals surface area contributed by atoms with E-state index < -0.39 is 5.91 Å². The van der Waals surface area contributed by atoms with Gasteiger partial charge in [-0.3, -0.25) is 9.59 Å². The van der Waals surface area contributed by atoms with E-state index in [1.54, 1.807) is 20.2 Å². The van der Waals surface area contributed by atoms with Crippen LogP contribution in [0.2, 0.25) is 0 Å². The molecular formula is C9H13N3O2. The number of aromatic nitrogens is 1. The summed E-state index contributed by atoms with van der Waals surface area (Å²) in [4.78, 5) is 25.0. The highest BCUT2D eigenvalue weighted by Crippen LogP contribution is 2.13. The number of rotatable bonds is 3. The van der Waals surface area contributed by atoms with Crippen LogP contribution in [0.1, 0.15) is 21.6 Å². The minimum atomic E-state index is -0.450. The molecule has 1 aromatic heterocycles. The van der Waals surface area contributed by atoms with Gasteiger partial charge in [0, 0.05) is 18.9 Å². The number of hydrogen-bond donors (Lipinski definition) is 3. The molecule has 0 fully saturated rings. The first-order valence-corrected chi connectivity index (χ1v) is 4.23. The summed E-state index contributed by atoms with van der Waals surface area (Å²) in [5.74, 6) is -0.658. The van der Waals surface area contributed by atoms with E-state index >= 15 is 0 Å². The van der Waals surface area contributed by atoms with Crippen molar-refractivity contribution >= 4 is 11.8 Å². The van der Waals surface area contributed by atoms with Gasteiger partial charge in [0.05, 0.1) is 12.0 Å². The Kier molecular flexibility index (Phi) is 2.91. The first-order valence-electron chi connectivity index (χ1n) is 4.23. The largest absolute Gasteiger partial charge is 0.369 e. The third-order valence-corrected chi connectivity index (χ3v) is 1.98. The highest BCUT2D eigenvalue weighted by Gasteiger charge is 2.15. The van der Waals surface area contributed by atoms with Crippen molar-refractivity contribution in [2.24, 2.45) is 5.73 Å². The summed E-state index contributed by atoms with van der Waals surface area (Å²) in [6, 6.07) is 0. The predicted octanol–water partition coefficient (Wildman–Crippen LogP) is -0.289. The summed E-state index contributed by atoms with van der Waals surface area (Å²) >= 11 is 0. The molecule has 0 radical (unpaired) electrons. The molecule has 5 heteroatoms. The molecule has 0 aliphatic carbocycles. The number of nitrogens with one attached hydrogen (secondary N) is 2. The van der Waals surface area contributed by atoms with Crippen LogP contribution in [0.3, 0.4) is 0 Å². The lowest BCUT2D eigenvalue weighted by Crippen LogP contribution is -2.21. The maximum absolute atomic E-state index is 11.4. The minimum absolute atomic E-state index is 0.0765. The molecule has 0 aliphatic rings. The average Bonchev–Trinajstić information content (AvgIpc) is 2.45. The van der Waals surface area contributed by atoms with Crippen molar-refractivity contribution in [3.63, 3.8) is 0 Å². The Morgan fingerprint density at radius 1 is 1.57 bits per heavy atom. The molecule has 14 heavy (non-hydrogen) atoms. The summed E-state index contributed by atoms with van der Waals surface area (Å²) in [7, 11) is 1.54. The van der Waals surface area contributed by atoms with Gasteiger partial charge in [-0.1, -0.05) is 0 Å². The van der Waals surface area contributed by atoms with E-state index in [9.17, 15) is 9.59 Å². The van der Waals surface area contributed by atoms with E-state index in [0.29, 0.717) is 11.1 Å². The zero-order chi connectivity index (χ0) is 10.7. The van der Waals surface area contributed by atoms with E-state index in [2.05, 4.69) is 10.3 Å². The molecule has 4 N–H and O–H groups in total. The maximum Gasteiger partial charge on any atom is 0.253 e. The van der Waals surface area contributed by atoms with Gasteiger partial charge in [0.2, 0.25) is 5.91 Å². The molecule has 0 atom stereocenters. The Morgan fingerprint density at radius 2 is 2.21 bits per heavy atom. The first-order chi connectivity index (χ1) is 6.56. The van der Waals surface area contributed by atoms with Crippen LogP contribution in [0.4, 0.5) is 0 Å². The second-order valence-electron chi connectivity index (χ2n) is 3.04. The van der Waals surface area contributed by atoms with Crippen LogP contribution in [0.25, 0.3) is 0 Å². The molecule has 0 unspecified atom stereocenters.